The van der Waals surface area contributed by atoms with Gasteiger partial charge in [-0.15, -0.1) is 0 Å². The highest BCUT2D eigenvalue weighted by molar-refractivity contribution is 6.46. The Hall–Kier alpha value is -8.04. The number of hydrogen-bond acceptors (Lipinski definition) is 8. The zero-order chi connectivity index (χ0) is 43.4. The number of ketones is 4. The Morgan fingerprint density at radius 3 is 1.09 bits per heavy atom. The minimum absolute atomic E-state index is 0.152. The van der Waals surface area contributed by atoms with E-state index in [1.807, 2.05) is 48.5 Å². The second-order valence-corrected chi connectivity index (χ2v) is 18.6. The van der Waals surface area contributed by atoms with E-state index in [9.17, 15) is 40.2 Å². The molecule has 0 heterocycles. The summed E-state index contributed by atoms with van der Waals surface area (Å²) >= 11 is 0. The molecule has 9 aliphatic carbocycles. The molecule has 0 N–H and O–H groups in total. The van der Waals surface area contributed by atoms with Gasteiger partial charge in [0.2, 0.25) is 23.1 Å². The SMILES string of the molecule is N#Cc1c2c(c(C#N)c3ccccc13)C1=C3C=C4CC5=C(CC6C(=C5)CC5=CC7=C(CC5c5c6c(C#N)c6ccccc6c5C#N)C(=O)C(=O)C5CC2=C(C=C5C7)C3)C(=O)C(=O)C4C1. The van der Waals surface area contributed by atoms with E-state index in [1.165, 1.54) is 0 Å². The van der Waals surface area contributed by atoms with Crippen LogP contribution in [0.5, 0.6) is 0 Å². The summed E-state index contributed by atoms with van der Waals surface area (Å²) in [5.41, 5.74) is 13.2. The van der Waals surface area contributed by atoms with Gasteiger partial charge in [-0.05, 0) is 95.9 Å². The molecule has 13 rings (SSSR count). The minimum Gasteiger partial charge on any atom is -0.290 e. The Morgan fingerprint density at radius 2 is 0.719 bits per heavy atom. The Morgan fingerprint density at radius 1 is 0.391 bits per heavy atom. The number of rotatable bonds is 0. The summed E-state index contributed by atoms with van der Waals surface area (Å²) in [7, 11) is 0. The van der Waals surface area contributed by atoms with Gasteiger partial charge in [0.25, 0.3) is 0 Å². The highest BCUT2D eigenvalue weighted by Crippen LogP contribution is 2.59. The first kappa shape index (κ1) is 36.6. The molecule has 0 spiro atoms. The standard InChI is InChI=1S/C56H32N4O4/c57-21-45-33-5-1-2-6-34(33)46(22-58)50-38-18-42-30-12-26(38)9-25-11-29-15-31-13-27-10-28-14-32(16-30)44(56(64)54(42)62)20-40(28)52-48(24-60)36-8-4-3-7-35(36)47(23-59)51(52)39(27)19-43(31)55(63)53(61)41(29)17-37(25)49(45)50/h1-8,11-14,37-38,43-44H,9-10,15-20H2. The topological polar surface area (TPSA) is 163 Å². The van der Waals surface area contributed by atoms with Crippen LogP contribution in [-0.2, 0) is 19.2 Å². The summed E-state index contributed by atoms with van der Waals surface area (Å²) < 4.78 is 0. The third-order valence-corrected chi connectivity index (χ3v) is 15.9. The molecule has 300 valence electrons. The van der Waals surface area contributed by atoms with Crippen LogP contribution in [0.15, 0.2) is 129 Å². The van der Waals surface area contributed by atoms with Gasteiger partial charge in [0.15, 0.2) is 0 Å². The van der Waals surface area contributed by atoms with E-state index in [-0.39, 0.29) is 25.7 Å². The maximum atomic E-state index is 14.9. The summed E-state index contributed by atoms with van der Waals surface area (Å²) in [6.07, 6.45) is 10.5. The summed E-state index contributed by atoms with van der Waals surface area (Å²) in [5, 5.41) is 46.7. The summed E-state index contributed by atoms with van der Waals surface area (Å²) in [5.74, 6) is -4.84. The van der Waals surface area contributed by atoms with Crippen LogP contribution in [0.4, 0.5) is 0 Å². The molecule has 0 aromatic heterocycles. The number of nitriles is 4. The predicted molar refractivity (Wildman–Crippen MR) is 236 cm³/mol. The minimum atomic E-state index is -0.818. The summed E-state index contributed by atoms with van der Waals surface area (Å²) in [6, 6.07) is 24.7. The first-order valence-electron chi connectivity index (χ1n) is 21.9. The molecule has 4 atom stereocenters. The molecule has 0 saturated carbocycles. The Balaban J connectivity index is 1.15. The Labute approximate surface area is 367 Å². The van der Waals surface area contributed by atoms with Crippen LogP contribution in [0.25, 0.3) is 32.7 Å². The number of hydrogen-bond donors (Lipinski definition) is 0. The van der Waals surface area contributed by atoms with Gasteiger partial charge in [-0.1, -0.05) is 95.1 Å². The van der Waals surface area contributed by atoms with Crippen LogP contribution in [0.3, 0.4) is 0 Å². The van der Waals surface area contributed by atoms with E-state index in [1.54, 1.807) is 0 Å². The van der Waals surface area contributed by atoms with E-state index in [4.69, 9.17) is 0 Å². The maximum absolute atomic E-state index is 14.9. The van der Waals surface area contributed by atoms with Gasteiger partial charge in [-0.2, -0.15) is 21.0 Å². The van der Waals surface area contributed by atoms with Crippen LogP contribution < -0.4 is 0 Å². The van der Waals surface area contributed by atoms with Crippen molar-refractivity contribution in [3.8, 4) is 24.3 Å². The monoisotopic (exact) mass is 824 g/mol. The van der Waals surface area contributed by atoms with Crippen molar-refractivity contribution in [2.45, 2.75) is 63.2 Å². The van der Waals surface area contributed by atoms with Crippen molar-refractivity contribution >= 4 is 55.8 Å². The number of Topliss-reactive ketones (excluding diaryl/α,β-unsaturated/α-hetero) is 4. The molecule has 0 amide bonds. The zero-order valence-corrected chi connectivity index (χ0v) is 34.3. The van der Waals surface area contributed by atoms with E-state index < -0.39 is 46.8 Å². The normalized spacial score (nSPS) is 24.6. The quantitative estimate of drug-likeness (QED) is 0.158. The van der Waals surface area contributed by atoms with Crippen LogP contribution in [0, 0.1) is 57.2 Å². The van der Waals surface area contributed by atoms with Gasteiger partial charge in [-0.3, -0.25) is 19.2 Å². The van der Waals surface area contributed by atoms with E-state index in [2.05, 4.69) is 48.6 Å². The predicted octanol–water partition coefficient (Wildman–Crippen LogP) is 9.91. The highest BCUT2D eigenvalue weighted by atomic mass is 16.2. The van der Waals surface area contributed by atoms with Crippen molar-refractivity contribution in [3.05, 3.63) is 173 Å². The van der Waals surface area contributed by atoms with Gasteiger partial charge in [0.05, 0.1) is 34.1 Å². The van der Waals surface area contributed by atoms with Crippen molar-refractivity contribution < 1.29 is 19.2 Å². The molecule has 8 bridgehead atoms. The molecule has 0 aliphatic heterocycles. The van der Waals surface area contributed by atoms with Crippen molar-refractivity contribution in [3.63, 3.8) is 0 Å². The van der Waals surface area contributed by atoms with Gasteiger partial charge in [0.1, 0.15) is 24.3 Å². The van der Waals surface area contributed by atoms with Gasteiger partial charge in [0, 0.05) is 55.7 Å². The average molecular weight is 825 g/mol. The van der Waals surface area contributed by atoms with E-state index >= 15 is 0 Å². The van der Waals surface area contributed by atoms with Gasteiger partial charge >= 0.3 is 0 Å². The molecule has 9 aliphatic rings. The number of allylic oxidation sites excluding steroid dienone is 16. The fourth-order valence-electron chi connectivity index (χ4n) is 13.2. The molecule has 4 aromatic rings. The third kappa shape index (κ3) is 4.57. The average Bonchev–Trinajstić information content (AvgIpc) is 3.62. The Kier molecular flexibility index (Phi) is 7.30. The zero-order valence-electron chi connectivity index (χ0n) is 34.3. The summed E-state index contributed by atoms with van der Waals surface area (Å²) in [4.78, 5) is 59.7. The van der Waals surface area contributed by atoms with Crippen LogP contribution in [0.1, 0.15) is 108 Å². The van der Waals surface area contributed by atoms with Crippen molar-refractivity contribution in [1.29, 1.82) is 21.0 Å². The second-order valence-electron chi connectivity index (χ2n) is 18.6. The first-order valence-corrected chi connectivity index (χ1v) is 21.9. The number of carbonyl (C=O) groups is 4. The molecular formula is C56H32N4O4. The highest BCUT2D eigenvalue weighted by Gasteiger charge is 2.48. The lowest BCUT2D eigenvalue weighted by atomic mass is 9.72. The molecule has 4 aromatic carbocycles. The maximum Gasteiger partial charge on any atom is 0.225 e. The molecule has 0 fully saturated rings. The number of nitrogens with zero attached hydrogens (tertiary/aromatic N) is 4. The van der Waals surface area contributed by atoms with Gasteiger partial charge < -0.3 is 0 Å². The van der Waals surface area contributed by atoms with Crippen LogP contribution in [-0.4, -0.2) is 23.1 Å². The van der Waals surface area contributed by atoms with Crippen LogP contribution >= 0.6 is 0 Å². The molecule has 0 saturated heterocycles. The lowest BCUT2D eigenvalue weighted by Gasteiger charge is -2.30. The smallest absolute Gasteiger partial charge is 0.225 e. The Bertz CT molecular complexity index is 3400. The van der Waals surface area contributed by atoms with Gasteiger partial charge in [-0.25, -0.2) is 0 Å². The number of benzene rings is 4. The van der Waals surface area contributed by atoms with Crippen molar-refractivity contribution in [1.82, 2.24) is 0 Å². The summed E-state index contributed by atoms with van der Waals surface area (Å²) in [6.45, 7) is 0. The van der Waals surface area contributed by atoms with Crippen LogP contribution in [0.2, 0.25) is 0 Å². The largest absolute Gasteiger partial charge is 0.290 e. The molecule has 64 heavy (non-hydrogen) atoms. The lowest BCUT2D eigenvalue weighted by Crippen LogP contribution is -2.28. The van der Waals surface area contributed by atoms with Crippen molar-refractivity contribution in [2.24, 2.45) is 11.8 Å². The molecule has 8 heteroatoms. The lowest BCUT2D eigenvalue weighted by molar-refractivity contribution is -0.136. The third-order valence-electron chi connectivity index (χ3n) is 15.9. The molecule has 8 nitrogen and oxygen atoms in total. The number of carbonyl (C=O) groups excluding carboxylic acids is 4. The van der Waals surface area contributed by atoms with Crippen molar-refractivity contribution in [2.75, 3.05) is 0 Å². The number of fused-ring (bicyclic) bond motifs is 8. The van der Waals surface area contributed by atoms with E-state index in [0.717, 1.165) is 55.7 Å². The molecule has 4 unspecified atom stereocenters. The van der Waals surface area contributed by atoms with E-state index in [0.29, 0.717) is 103 Å². The second kappa shape index (κ2) is 12.8. The fraction of sp³-hybridized carbons (Fsp3) is 0.214. The first-order chi connectivity index (χ1) is 31.2. The molecule has 0 radical (unpaired) electrons. The fourth-order valence-corrected chi connectivity index (χ4v) is 13.2. The molecular weight excluding hydrogens is 793 g/mol.